The largest absolute Gasteiger partial charge is 0.487 e. The molecule has 0 aliphatic carbocycles. The fourth-order valence-corrected chi connectivity index (χ4v) is 2.22. The lowest BCUT2D eigenvalue weighted by molar-refractivity contribution is 0.00711. The van der Waals surface area contributed by atoms with Gasteiger partial charge in [0.25, 0.3) is 0 Å². The molecule has 1 saturated heterocycles. The molecular weight excluding hydrogens is 284 g/mol. The molecule has 0 bridgehead atoms. The van der Waals surface area contributed by atoms with Crippen molar-refractivity contribution in [2.45, 2.75) is 25.9 Å². The summed E-state index contributed by atoms with van der Waals surface area (Å²) in [6.45, 7) is 2.96. The van der Waals surface area contributed by atoms with E-state index in [0.717, 1.165) is 23.9 Å². The Kier molecular flexibility index (Phi) is 4.18. The summed E-state index contributed by atoms with van der Waals surface area (Å²) in [5, 5.41) is 0. The molecule has 1 aromatic rings. The minimum absolute atomic E-state index is 0.0121. The molecule has 0 saturated carbocycles. The van der Waals surface area contributed by atoms with Crippen LogP contribution >= 0.6 is 15.9 Å². The molecule has 17 heavy (non-hydrogen) atoms. The molecule has 1 unspecified atom stereocenters. The first kappa shape index (κ1) is 12.6. The second-order valence-electron chi connectivity index (χ2n) is 4.15. The lowest BCUT2D eigenvalue weighted by atomic mass is 10.1. The van der Waals surface area contributed by atoms with Crippen molar-refractivity contribution >= 4 is 21.7 Å². The number of ketones is 1. The van der Waals surface area contributed by atoms with Crippen molar-refractivity contribution < 1.29 is 14.3 Å². The molecule has 1 aromatic carbocycles. The first-order chi connectivity index (χ1) is 8.16. The van der Waals surface area contributed by atoms with Gasteiger partial charge in [0.1, 0.15) is 11.9 Å². The van der Waals surface area contributed by atoms with Crippen LogP contribution in [-0.2, 0) is 4.74 Å². The molecule has 1 aliphatic heterocycles. The van der Waals surface area contributed by atoms with Gasteiger partial charge < -0.3 is 9.47 Å². The minimum Gasteiger partial charge on any atom is -0.487 e. The molecule has 2 rings (SSSR count). The number of carbonyl (C=O) groups excluding carboxylic acids is 1. The van der Waals surface area contributed by atoms with E-state index in [1.807, 2.05) is 12.1 Å². The summed E-state index contributed by atoms with van der Waals surface area (Å²) in [7, 11) is 0. The highest BCUT2D eigenvalue weighted by molar-refractivity contribution is 9.10. The number of carbonyl (C=O) groups is 1. The summed E-state index contributed by atoms with van der Waals surface area (Å²) in [5.74, 6) is 0.661. The molecule has 1 aliphatic rings. The Balaban J connectivity index is 2.16. The van der Waals surface area contributed by atoms with E-state index in [4.69, 9.17) is 9.47 Å². The zero-order chi connectivity index (χ0) is 12.3. The van der Waals surface area contributed by atoms with Crippen molar-refractivity contribution in [1.82, 2.24) is 0 Å². The summed E-state index contributed by atoms with van der Waals surface area (Å²) in [4.78, 5) is 11.5. The zero-order valence-corrected chi connectivity index (χ0v) is 11.3. The molecule has 0 amide bonds. The topological polar surface area (TPSA) is 35.5 Å². The summed E-state index contributed by atoms with van der Waals surface area (Å²) >= 11 is 3.36. The minimum atomic E-state index is 0.0121. The Bertz CT molecular complexity index is 411. The third-order valence-corrected chi connectivity index (χ3v) is 3.23. The van der Waals surface area contributed by atoms with Crippen LogP contribution in [0, 0.1) is 0 Å². The number of ether oxygens (including phenoxy) is 2. The van der Waals surface area contributed by atoms with Crippen LogP contribution in [0.4, 0.5) is 0 Å². The van der Waals surface area contributed by atoms with Gasteiger partial charge in [0.2, 0.25) is 0 Å². The summed E-state index contributed by atoms with van der Waals surface area (Å²) in [6, 6.07) is 5.50. The van der Waals surface area contributed by atoms with Crippen LogP contribution in [0.1, 0.15) is 30.1 Å². The summed E-state index contributed by atoms with van der Waals surface area (Å²) in [5.41, 5.74) is 0.616. The summed E-state index contributed by atoms with van der Waals surface area (Å²) in [6.07, 6.45) is 2.05. The van der Waals surface area contributed by atoms with Crippen molar-refractivity contribution in [3.63, 3.8) is 0 Å². The SMILES string of the molecule is CC(=O)c1cc(Br)ccc1OC1CCCOC1. The van der Waals surface area contributed by atoms with Gasteiger partial charge in [-0.25, -0.2) is 0 Å². The molecule has 0 N–H and O–H groups in total. The van der Waals surface area contributed by atoms with Crippen LogP contribution in [-0.4, -0.2) is 25.1 Å². The monoisotopic (exact) mass is 298 g/mol. The van der Waals surface area contributed by atoms with E-state index in [-0.39, 0.29) is 11.9 Å². The molecule has 3 nitrogen and oxygen atoms in total. The van der Waals surface area contributed by atoms with Gasteiger partial charge in [-0.05, 0) is 38.0 Å². The number of halogens is 1. The van der Waals surface area contributed by atoms with Gasteiger partial charge in [-0.1, -0.05) is 15.9 Å². The second kappa shape index (κ2) is 5.65. The predicted molar refractivity (Wildman–Crippen MR) is 68.6 cm³/mol. The van der Waals surface area contributed by atoms with Crippen molar-refractivity contribution in [2.24, 2.45) is 0 Å². The average molecular weight is 299 g/mol. The van der Waals surface area contributed by atoms with Gasteiger partial charge in [-0.15, -0.1) is 0 Å². The second-order valence-corrected chi connectivity index (χ2v) is 5.07. The lowest BCUT2D eigenvalue weighted by Gasteiger charge is -2.24. The maximum absolute atomic E-state index is 11.5. The van der Waals surface area contributed by atoms with Crippen molar-refractivity contribution in [3.05, 3.63) is 28.2 Å². The van der Waals surface area contributed by atoms with E-state index < -0.39 is 0 Å². The van der Waals surface area contributed by atoms with E-state index >= 15 is 0 Å². The molecule has 1 heterocycles. The predicted octanol–water partition coefficient (Wildman–Crippen LogP) is 3.21. The fraction of sp³-hybridized carbons (Fsp3) is 0.462. The Morgan fingerprint density at radius 1 is 1.53 bits per heavy atom. The standard InChI is InChI=1S/C13H15BrO3/c1-9(15)12-7-10(14)4-5-13(12)17-11-3-2-6-16-8-11/h4-5,7,11H,2-3,6,8H2,1H3. The number of Topliss-reactive ketones (excluding diaryl/α,β-unsaturated/α-hetero) is 1. The molecule has 0 aromatic heterocycles. The Labute approximate surface area is 109 Å². The van der Waals surface area contributed by atoms with E-state index in [9.17, 15) is 4.79 Å². The quantitative estimate of drug-likeness (QED) is 0.804. The number of hydrogen-bond acceptors (Lipinski definition) is 3. The Morgan fingerprint density at radius 3 is 3.00 bits per heavy atom. The number of rotatable bonds is 3. The maximum atomic E-state index is 11.5. The van der Waals surface area contributed by atoms with Crippen LogP contribution in [0.15, 0.2) is 22.7 Å². The van der Waals surface area contributed by atoms with E-state index in [1.165, 1.54) is 0 Å². The first-order valence-corrected chi connectivity index (χ1v) is 6.51. The highest BCUT2D eigenvalue weighted by Crippen LogP contribution is 2.26. The maximum Gasteiger partial charge on any atom is 0.163 e. The van der Waals surface area contributed by atoms with Crippen LogP contribution in [0.25, 0.3) is 0 Å². The van der Waals surface area contributed by atoms with Crippen LogP contribution in [0.3, 0.4) is 0 Å². The molecule has 0 radical (unpaired) electrons. The highest BCUT2D eigenvalue weighted by Gasteiger charge is 2.18. The molecular formula is C13H15BrO3. The molecule has 0 spiro atoms. The lowest BCUT2D eigenvalue weighted by Crippen LogP contribution is -2.28. The number of hydrogen-bond donors (Lipinski definition) is 0. The smallest absolute Gasteiger partial charge is 0.163 e. The molecule has 1 fully saturated rings. The van der Waals surface area contributed by atoms with Gasteiger partial charge >= 0.3 is 0 Å². The van der Waals surface area contributed by atoms with Crippen LogP contribution < -0.4 is 4.74 Å². The summed E-state index contributed by atoms with van der Waals surface area (Å²) < 4.78 is 12.1. The molecule has 1 atom stereocenters. The molecule has 4 heteroatoms. The highest BCUT2D eigenvalue weighted by atomic mass is 79.9. The Morgan fingerprint density at radius 2 is 2.35 bits per heavy atom. The van der Waals surface area contributed by atoms with Crippen molar-refractivity contribution in [2.75, 3.05) is 13.2 Å². The van der Waals surface area contributed by atoms with Gasteiger partial charge in [0.05, 0.1) is 12.2 Å². The normalized spacial score (nSPS) is 20.0. The average Bonchev–Trinajstić information content (AvgIpc) is 2.32. The zero-order valence-electron chi connectivity index (χ0n) is 9.74. The first-order valence-electron chi connectivity index (χ1n) is 5.71. The van der Waals surface area contributed by atoms with Gasteiger partial charge in [0, 0.05) is 11.1 Å². The van der Waals surface area contributed by atoms with Gasteiger partial charge in [-0.3, -0.25) is 4.79 Å². The Hall–Kier alpha value is -0.870. The van der Waals surface area contributed by atoms with Crippen LogP contribution in [0.2, 0.25) is 0 Å². The van der Waals surface area contributed by atoms with E-state index in [0.29, 0.717) is 17.9 Å². The third kappa shape index (κ3) is 3.30. The van der Waals surface area contributed by atoms with E-state index in [2.05, 4.69) is 15.9 Å². The van der Waals surface area contributed by atoms with Gasteiger partial charge in [-0.2, -0.15) is 0 Å². The van der Waals surface area contributed by atoms with Gasteiger partial charge in [0.15, 0.2) is 5.78 Å². The fourth-order valence-electron chi connectivity index (χ4n) is 1.86. The molecule has 92 valence electrons. The third-order valence-electron chi connectivity index (χ3n) is 2.73. The van der Waals surface area contributed by atoms with Crippen molar-refractivity contribution in [1.29, 1.82) is 0 Å². The van der Waals surface area contributed by atoms with Crippen LogP contribution in [0.5, 0.6) is 5.75 Å². The van der Waals surface area contributed by atoms with E-state index in [1.54, 1.807) is 13.0 Å². The van der Waals surface area contributed by atoms with Crippen molar-refractivity contribution in [3.8, 4) is 5.75 Å². The number of benzene rings is 1.